The van der Waals surface area contributed by atoms with Crippen LogP contribution in [0.1, 0.15) is 0 Å². The van der Waals surface area contributed by atoms with E-state index in [1.54, 1.807) is 0 Å². The Kier molecular flexibility index (Phi) is 4.93. The van der Waals surface area contributed by atoms with Crippen molar-refractivity contribution in [1.82, 2.24) is 0 Å². The van der Waals surface area contributed by atoms with Crippen LogP contribution < -0.4 is 0 Å². The number of hydrogen-bond donors (Lipinski definition) is 0. The first kappa shape index (κ1) is 23.1. The minimum Gasteiger partial charge on any atom is -0.452 e. The molecule has 9 rings (SSSR count). The fourth-order valence-electron chi connectivity index (χ4n) is 6.65. The largest absolute Gasteiger partial charge is 0.452 e. The van der Waals surface area contributed by atoms with Crippen LogP contribution in [-0.2, 0) is 0 Å². The summed E-state index contributed by atoms with van der Waals surface area (Å²) in [5.74, 6) is 0.828. The van der Waals surface area contributed by atoms with Crippen LogP contribution in [0.3, 0.4) is 0 Å². The van der Waals surface area contributed by atoms with E-state index >= 15 is 0 Å². The molecule has 2 heterocycles. The maximum atomic E-state index is 6.68. The summed E-state index contributed by atoms with van der Waals surface area (Å²) < 4.78 is 13.1. The molecule has 2 nitrogen and oxygen atoms in total. The Bertz CT molecular complexity index is 2390. The van der Waals surface area contributed by atoms with Crippen molar-refractivity contribution in [3.63, 3.8) is 0 Å². The van der Waals surface area contributed by atoms with Crippen LogP contribution in [0.2, 0.25) is 0 Å². The normalized spacial score (nSPS) is 11.8. The Morgan fingerprint density at radius 2 is 0.833 bits per heavy atom. The van der Waals surface area contributed by atoms with Gasteiger partial charge in [0.25, 0.3) is 0 Å². The van der Waals surface area contributed by atoms with Gasteiger partial charge in [-0.1, -0.05) is 127 Å². The molecule has 0 bridgehead atoms. The highest BCUT2D eigenvalue weighted by atomic mass is 16.4. The summed E-state index contributed by atoms with van der Waals surface area (Å²) in [7, 11) is 0. The maximum Gasteiger partial charge on any atom is 0.178 e. The van der Waals surface area contributed by atoms with Crippen LogP contribution >= 0.6 is 0 Å². The molecule has 196 valence electrons. The molecule has 0 saturated carbocycles. The van der Waals surface area contributed by atoms with Gasteiger partial charge in [0.1, 0.15) is 11.3 Å². The highest BCUT2D eigenvalue weighted by molar-refractivity contribution is 6.26. The fraction of sp³-hybridized carbons (Fsp3) is 0. The van der Waals surface area contributed by atoms with E-state index in [-0.39, 0.29) is 0 Å². The molecule has 0 aliphatic rings. The lowest BCUT2D eigenvalue weighted by Gasteiger charge is -2.18. The number of furan rings is 2. The third-order valence-electron chi connectivity index (χ3n) is 8.47. The predicted molar refractivity (Wildman–Crippen MR) is 175 cm³/mol. The van der Waals surface area contributed by atoms with Gasteiger partial charge in [-0.25, -0.2) is 0 Å². The summed E-state index contributed by atoms with van der Waals surface area (Å²) in [6.45, 7) is 0. The highest BCUT2D eigenvalue weighted by Gasteiger charge is 2.23. The number of para-hydroxylation sites is 1. The van der Waals surface area contributed by atoms with E-state index in [1.807, 2.05) is 30.3 Å². The van der Waals surface area contributed by atoms with Gasteiger partial charge in [0.05, 0.1) is 0 Å². The first-order valence-corrected chi connectivity index (χ1v) is 14.3. The van der Waals surface area contributed by atoms with Crippen molar-refractivity contribution >= 4 is 54.5 Å². The van der Waals surface area contributed by atoms with Crippen LogP contribution in [-0.4, -0.2) is 0 Å². The molecule has 2 heteroatoms. The van der Waals surface area contributed by atoms with Crippen molar-refractivity contribution in [1.29, 1.82) is 0 Å². The minimum absolute atomic E-state index is 0.776. The van der Waals surface area contributed by atoms with Crippen LogP contribution in [0, 0.1) is 0 Å². The van der Waals surface area contributed by atoms with Gasteiger partial charge in [-0.05, 0) is 62.0 Å². The molecule has 0 saturated heterocycles. The molecule has 0 fully saturated rings. The van der Waals surface area contributed by atoms with E-state index in [4.69, 9.17) is 8.83 Å². The van der Waals surface area contributed by atoms with Crippen molar-refractivity contribution in [3.05, 3.63) is 146 Å². The average molecular weight is 537 g/mol. The third kappa shape index (κ3) is 3.33. The van der Waals surface area contributed by atoms with Gasteiger partial charge in [0.15, 0.2) is 11.2 Å². The third-order valence-corrected chi connectivity index (χ3v) is 8.47. The summed E-state index contributed by atoms with van der Waals surface area (Å²) in [6.07, 6.45) is 0. The fourth-order valence-corrected chi connectivity index (χ4v) is 6.65. The van der Waals surface area contributed by atoms with Crippen molar-refractivity contribution in [2.24, 2.45) is 0 Å². The maximum absolute atomic E-state index is 6.68. The SMILES string of the molecule is c1ccc(-c2cc3c(-c4c5ccccc5c(-c5ccccc5)c5ccccc45)cc4c5ccccc5oc4c3o2)cc1. The Balaban J connectivity index is 1.48. The molecule has 0 N–H and O–H groups in total. The topological polar surface area (TPSA) is 26.3 Å². The van der Waals surface area contributed by atoms with E-state index in [1.165, 1.54) is 38.2 Å². The molecule has 0 unspecified atom stereocenters. The van der Waals surface area contributed by atoms with Crippen LogP contribution in [0.5, 0.6) is 0 Å². The number of hydrogen-bond acceptors (Lipinski definition) is 2. The van der Waals surface area contributed by atoms with Gasteiger partial charge < -0.3 is 8.83 Å². The Morgan fingerprint density at radius 1 is 0.333 bits per heavy atom. The zero-order valence-corrected chi connectivity index (χ0v) is 22.7. The predicted octanol–water partition coefficient (Wildman–Crippen LogP) is 11.6. The van der Waals surface area contributed by atoms with Crippen molar-refractivity contribution in [3.8, 4) is 33.6 Å². The molecule has 42 heavy (non-hydrogen) atoms. The second-order valence-corrected chi connectivity index (χ2v) is 10.8. The first-order valence-electron chi connectivity index (χ1n) is 14.3. The zero-order valence-electron chi connectivity index (χ0n) is 22.7. The summed E-state index contributed by atoms with van der Waals surface area (Å²) in [5.41, 5.74) is 8.28. The molecule has 0 radical (unpaired) electrons. The Labute approximate surface area is 242 Å². The molecule has 0 spiro atoms. The van der Waals surface area contributed by atoms with Crippen molar-refractivity contribution < 1.29 is 8.83 Å². The summed E-state index contributed by atoms with van der Waals surface area (Å²) in [4.78, 5) is 0. The first-order chi connectivity index (χ1) is 20.8. The average Bonchev–Trinajstić information content (AvgIpc) is 3.67. The lowest BCUT2D eigenvalue weighted by molar-refractivity contribution is 0.611. The van der Waals surface area contributed by atoms with Crippen molar-refractivity contribution in [2.45, 2.75) is 0 Å². The van der Waals surface area contributed by atoms with E-state index in [9.17, 15) is 0 Å². The second-order valence-electron chi connectivity index (χ2n) is 10.8. The second kappa shape index (κ2) is 8.95. The molecule has 0 aliphatic heterocycles. The number of rotatable bonds is 3. The molecule has 2 aromatic heterocycles. The summed E-state index contributed by atoms with van der Waals surface area (Å²) >= 11 is 0. The van der Waals surface area contributed by atoms with Gasteiger partial charge in [-0.2, -0.15) is 0 Å². The summed E-state index contributed by atoms with van der Waals surface area (Å²) in [5, 5.41) is 8.08. The number of fused-ring (bicyclic) bond motifs is 7. The van der Waals surface area contributed by atoms with E-state index in [0.29, 0.717) is 0 Å². The monoisotopic (exact) mass is 536 g/mol. The quantitative estimate of drug-likeness (QED) is 0.210. The molecule has 0 amide bonds. The van der Waals surface area contributed by atoms with E-state index < -0.39 is 0 Å². The molecule has 7 aromatic carbocycles. The smallest absolute Gasteiger partial charge is 0.178 e. The molecular formula is C40H24O2. The Morgan fingerprint density at radius 3 is 1.48 bits per heavy atom. The van der Waals surface area contributed by atoms with Gasteiger partial charge in [-0.3, -0.25) is 0 Å². The lowest BCUT2D eigenvalue weighted by Crippen LogP contribution is -1.91. The molecule has 0 atom stereocenters. The standard InChI is InChI=1S/C40H24O2/c1-3-13-25(14-4-1)36-24-34-32(23-33-27-17-11-12-22-35(27)41-39(33)40(34)42-36)38-30-20-9-7-18-28(30)37(26-15-5-2-6-16-26)29-19-8-10-21-31(29)38/h1-24H. The van der Waals surface area contributed by atoms with Crippen molar-refractivity contribution in [2.75, 3.05) is 0 Å². The summed E-state index contributed by atoms with van der Waals surface area (Å²) in [6, 6.07) is 51.3. The zero-order chi connectivity index (χ0) is 27.6. The van der Waals surface area contributed by atoms with Crippen LogP contribution in [0.25, 0.3) is 88.0 Å². The highest BCUT2D eigenvalue weighted by Crippen LogP contribution is 2.48. The van der Waals surface area contributed by atoms with E-state index in [0.717, 1.165) is 49.8 Å². The molecule has 0 aliphatic carbocycles. The minimum atomic E-state index is 0.776. The molecule has 9 aromatic rings. The van der Waals surface area contributed by atoms with Gasteiger partial charge in [0, 0.05) is 21.7 Å². The van der Waals surface area contributed by atoms with E-state index in [2.05, 4.69) is 115 Å². The van der Waals surface area contributed by atoms with Crippen LogP contribution in [0.4, 0.5) is 0 Å². The number of benzene rings is 7. The Hall–Kier alpha value is -5.60. The van der Waals surface area contributed by atoms with Gasteiger partial charge in [0.2, 0.25) is 0 Å². The lowest BCUT2D eigenvalue weighted by atomic mass is 9.85. The van der Waals surface area contributed by atoms with Gasteiger partial charge >= 0.3 is 0 Å². The van der Waals surface area contributed by atoms with Crippen LogP contribution in [0.15, 0.2) is 154 Å². The van der Waals surface area contributed by atoms with Gasteiger partial charge in [-0.15, -0.1) is 0 Å². The molecular weight excluding hydrogens is 512 g/mol.